The first kappa shape index (κ1) is 13.2. The van der Waals surface area contributed by atoms with E-state index in [0.29, 0.717) is 0 Å². The summed E-state index contributed by atoms with van der Waals surface area (Å²) in [5, 5.41) is 13.8. The Kier molecular flexibility index (Phi) is 4.68. The molecule has 0 saturated carbocycles. The van der Waals surface area contributed by atoms with E-state index < -0.39 is 4.92 Å². The van der Waals surface area contributed by atoms with Crippen LogP contribution in [0.3, 0.4) is 0 Å². The molecule has 1 N–H and O–H groups in total. The van der Waals surface area contributed by atoms with E-state index in [9.17, 15) is 10.1 Å². The van der Waals surface area contributed by atoms with Crippen LogP contribution >= 0.6 is 0 Å². The first-order chi connectivity index (χ1) is 8.08. The first-order valence-corrected chi connectivity index (χ1v) is 5.55. The molecule has 0 amide bonds. The summed E-state index contributed by atoms with van der Waals surface area (Å²) in [6, 6.07) is 6.62. The largest absolute Gasteiger partial charge is 0.297 e. The van der Waals surface area contributed by atoms with Gasteiger partial charge in [0.15, 0.2) is 0 Å². The lowest BCUT2D eigenvalue weighted by molar-refractivity contribution is -0.384. The number of terminal acetylenes is 1. The van der Waals surface area contributed by atoms with Gasteiger partial charge in [0.25, 0.3) is 5.69 Å². The van der Waals surface area contributed by atoms with Gasteiger partial charge in [0.1, 0.15) is 0 Å². The second kappa shape index (κ2) is 6.02. The molecule has 0 spiro atoms. The standard InChI is InChI=1S/C13H16N2O2/c1-4-12(5-2)14-10(3)11-6-8-13(9-7-11)15(16)17/h1,6-10,12,14H,5H2,2-3H3. The van der Waals surface area contributed by atoms with E-state index >= 15 is 0 Å². The molecule has 0 aliphatic carbocycles. The van der Waals surface area contributed by atoms with Crippen LogP contribution in [-0.4, -0.2) is 11.0 Å². The van der Waals surface area contributed by atoms with E-state index in [2.05, 4.69) is 11.2 Å². The van der Waals surface area contributed by atoms with Crippen molar-refractivity contribution in [3.05, 3.63) is 39.9 Å². The van der Waals surface area contributed by atoms with Crippen molar-refractivity contribution in [2.45, 2.75) is 32.4 Å². The molecule has 0 saturated heterocycles. The summed E-state index contributed by atoms with van der Waals surface area (Å²) in [4.78, 5) is 10.1. The smallest absolute Gasteiger partial charge is 0.269 e. The zero-order valence-electron chi connectivity index (χ0n) is 10.0. The fourth-order valence-corrected chi connectivity index (χ4v) is 1.57. The molecule has 4 nitrogen and oxygen atoms in total. The lowest BCUT2D eigenvalue weighted by Gasteiger charge is -2.18. The van der Waals surface area contributed by atoms with Crippen molar-refractivity contribution in [3.8, 4) is 12.3 Å². The molecule has 4 heteroatoms. The summed E-state index contributed by atoms with van der Waals surface area (Å²) in [5.41, 5.74) is 1.09. The molecule has 0 aliphatic heterocycles. The summed E-state index contributed by atoms with van der Waals surface area (Å²) in [5.74, 6) is 2.66. The van der Waals surface area contributed by atoms with Crippen molar-refractivity contribution in [2.24, 2.45) is 0 Å². The van der Waals surface area contributed by atoms with E-state index in [1.54, 1.807) is 12.1 Å². The van der Waals surface area contributed by atoms with Crippen LogP contribution in [0.1, 0.15) is 31.9 Å². The van der Waals surface area contributed by atoms with Gasteiger partial charge in [-0.2, -0.15) is 0 Å². The highest BCUT2D eigenvalue weighted by Gasteiger charge is 2.11. The second-order valence-electron chi connectivity index (χ2n) is 3.86. The second-order valence-corrected chi connectivity index (χ2v) is 3.86. The highest BCUT2D eigenvalue weighted by molar-refractivity contribution is 5.34. The Labute approximate surface area is 101 Å². The van der Waals surface area contributed by atoms with Gasteiger partial charge < -0.3 is 0 Å². The summed E-state index contributed by atoms with van der Waals surface area (Å²) in [7, 11) is 0. The number of hydrogen-bond acceptors (Lipinski definition) is 3. The number of nitro benzene ring substituents is 1. The maximum atomic E-state index is 10.5. The van der Waals surface area contributed by atoms with Crippen LogP contribution in [0, 0.1) is 22.5 Å². The highest BCUT2D eigenvalue weighted by Crippen LogP contribution is 2.18. The molecule has 0 aromatic heterocycles. The highest BCUT2D eigenvalue weighted by atomic mass is 16.6. The van der Waals surface area contributed by atoms with E-state index in [1.165, 1.54) is 12.1 Å². The van der Waals surface area contributed by atoms with E-state index in [4.69, 9.17) is 6.42 Å². The zero-order valence-corrected chi connectivity index (χ0v) is 10.0. The first-order valence-electron chi connectivity index (χ1n) is 5.55. The molecule has 17 heavy (non-hydrogen) atoms. The van der Waals surface area contributed by atoms with Crippen LogP contribution in [0.4, 0.5) is 5.69 Å². The van der Waals surface area contributed by atoms with Crippen LogP contribution in [0.25, 0.3) is 0 Å². The Balaban J connectivity index is 2.73. The Morgan fingerprint density at radius 1 is 1.47 bits per heavy atom. The lowest BCUT2D eigenvalue weighted by atomic mass is 10.1. The number of nitro groups is 1. The molecular weight excluding hydrogens is 216 g/mol. The molecule has 1 rings (SSSR count). The van der Waals surface area contributed by atoms with Crippen molar-refractivity contribution in [3.63, 3.8) is 0 Å². The van der Waals surface area contributed by atoms with Crippen LogP contribution in [0.2, 0.25) is 0 Å². The number of non-ortho nitro benzene ring substituents is 1. The normalized spacial score (nSPS) is 13.7. The molecule has 0 aliphatic rings. The number of rotatable bonds is 5. The van der Waals surface area contributed by atoms with Crippen molar-refractivity contribution in [1.29, 1.82) is 0 Å². The van der Waals surface area contributed by atoms with Gasteiger partial charge in [0.2, 0.25) is 0 Å². The summed E-state index contributed by atoms with van der Waals surface area (Å²) in [6.45, 7) is 4.00. The third-order valence-corrected chi connectivity index (χ3v) is 2.66. The van der Waals surface area contributed by atoms with Crippen LogP contribution < -0.4 is 5.32 Å². The predicted octanol–water partition coefficient (Wildman–Crippen LogP) is 2.66. The van der Waals surface area contributed by atoms with E-state index in [1.807, 2.05) is 13.8 Å². The predicted molar refractivity (Wildman–Crippen MR) is 67.6 cm³/mol. The molecule has 1 aromatic carbocycles. The minimum Gasteiger partial charge on any atom is -0.297 e. The molecule has 0 radical (unpaired) electrons. The molecule has 0 fully saturated rings. The Morgan fingerprint density at radius 2 is 2.06 bits per heavy atom. The number of benzene rings is 1. The molecule has 0 bridgehead atoms. The summed E-state index contributed by atoms with van der Waals surface area (Å²) < 4.78 is 0. The van der Waals surface area contributed by atoms with E-state index in [-0.39, 0.29) is 17.8 Å². The maximum absolute atomic E-state index is 10.5. The molecule has 1 aromatic rings. The lowest BCUT2D eigenvalue weighted by Crippen LogP contribution is -2.29. The van der Waals surface area contributed by atoms with Crippen LogP contribution in [-0.2, 0) is 0 Å². The van der Waals surface area contributed by atoms with Gasteiger partial charge in [-0.3, -0.25) is 15.4 Å². The third kappa shape index (κ3) is 3.58. The van der Waals surface area contributed by atoms with Gasteiger partial charge in [-0.25, -0.2) is 0 Å². The van der Waals surface area contributed by atoms with Gasteiger partial charge in [-0.1, -0.05) is 25.0 Å². The Bertz CT molecular complexity index is 420. The minimum atomic E-state index is -0.405. The zero-order chi connectivity index (χ0) is 12.8. The van der Waals surface area contributed by atoms with Gasteiger partial charge in [0.05, 0.1) is 11.0 Å². The number of nitrogens with zero attached hydrogens (tertiary/aromatic N) is 1. The topological polar surface area (TPSA) is 55.2 Å². The van der Waals surface area contributed by atoms with Crippen LogP contribution in [0.15, 0.2) is 24.3 Å². The third-order valence-electron chi connectivity index (χ3n) is 2.66. The average Bonchev–Trinajstić information content (AvgIpc) is 2.35. The van der Waals surface area contributed by atoms with Crippen molar-refractivity contribution < 1.29 is 4.92 Å². The van der Waals surface area contributed by atoms with Crippen molar-refractivity contribution in [1.82, 2.24) is 5.32 Å². The molecule has 2 unspecified atom stereocenters. The Morgan fingerprint density at radius 3 is 2.47 bits per heavy atom. The van der Waals surface area contributed by atoms with Gasteiger partial charge in [-0.15, -0.1) is 6.42 Å². The van der Waals surface area contributed by atoms with Crippen molar-refractivity contribution in [2.75, 3.05) is 0 Å². The monoisotopic (exact) mass is 232 g/mol. The van der Waals surface area contributed by atoms with Gasteiger partial charge in [0, 0.05) is 18.2 Å². The van der Waals surface area contributed by atoms with Crippen molar-refractivity contribution >= 4 is 5.69 Å². The SMILES string of the molecule is C#CC(CC)NC(C)c1ccc([N+](=O)[O-])cc1. The fourth-order valence-electron chi connectivity index (χ4n) is 1.57. The summed E-state index contributed by atoms with van der Waals surface area (Å²) in [6.07, 6.45) is 6.23. The quantitative estimate of drug-likeness (QED) is 0.482. The van der Waals surface area contributed by atoms with Gasteiger partial charge in [-0.05, 0) is 18.9 Å². The number of hydrogen-bond donors (Lipinski definition) is 1. The van der Waals surface area contributed by atoms with Crippen LogP contribution in [0.5, 0.6) is 0 Å². The molecular formula is C13H16N2O2. The fraction of sp³-hybridized carbons (Fsp3) is 0.385. The molecule has 90 valence electrons. The minimum absolute atomic E-state index is 0.0280. The Hall–Kier alpha value is -1.86. The number of nitrogens with one attached hydrogen (secondary N) is 1. The summed E-state index contributed by atoms with van der Waals surface area (Å²) >= 11 is 0. The molecule has 2 atom stereocenters. The van der Waals surface area contributed by atoms with Gasteiger partial charge >= 0.3 is 0 Å². The molecule has 0 heterocycles. The average molecular weight is 232 g/mol. The van der Waals surface area contributed by atoms with E-state index in [0.717, 1.165) is 12.0 Å². The maximum Gasteiger partial charge on any atom is 0.269 e.